The van der Waals surface area contributed by atoms with Crippen LogP contribution in [0.3, 0.4) is 0 Å². The number of aromatic nitrogens is 1. The molecule has 2 saturated heterocycles. The molecule has 0 aliphatic carbocycles. The van der Waals surface area contributed by atoms with Crippen molar-refractivity contribution in [1.29, 1.82) is 0 Å². The largest absolute Gasteiger partial charge is 0.368 e. The second-order valence-electron chi connectivity index (χ2n) is 7.86. The third-order valence-electron chi connectivity index (χ3n) is 5.72. The van der Waals surface area contributed by atoms with E-state index in [4.69, 9.17) is 11.6 Å². The Kier molecular flexibility index (Phi) is 5.72. The molecule has 2 aromatic rings. The van der Waals surface area contributed by atoms with Crippen LogP contribution in [0.15, 0.2) is 42.6 Å². The van der Waals surface area contributed by atoms with E-state index in [1.807, 2.05) is 35.2 Å². The molecular formula is C22H27ClN4O. The molecule has 3 heterocycles. The van der Waals surface area contributed by atoms with Gasteiger partial charge in [-0.05, 0) is 49.1 Å². The van der Waals surface area contributed by atoms with Crippen LogP contribution in [0.1, 0.15) is 30.1 Å². The minimum Gasteiger partial charge on any atom is -0.368 e. The van der Waals surface area contributed by atoms with Gasteiger partial charge in [-0.25, -0.2) is 4.98 Å². The van der Waals surface area contributed by atoms with Crippen molar-refractivity contribution in [2.45, 2.75) is 19.8 Å². The van der Waals surface area contributed by atoms with Crippen LogP contribution >= 0.6 is 11.6 Å². The summed E-state index contributed by atoms with van der Waals surface area (Å²) >= 11 is 6.11. The number of carbonyl (C=O) groups is 1. The van der Waals surface area contributed by atoms with E-state index in [0.717, 1.165) is 62.2 Å². The van der Waals surface area contributed by atoms with Crippen molar-refractivity contribution in [1.82, 2.24) is 9.88 Å². The van der Waals surface area contributed by atoms with Crippen LogP contribution in [0.2, 0.25) is 5.02 Å². The Bertz CT molecular complexity index is 818. The molecule has 1 amide bonds. The lowest BCUT2D eigenvalue weighted by molar-refractivity contribution is 0.0682. The van der Waals surface area contributed by atoms with Crippen molar-refractivity contribution in [3.63, 3.8) is 0 Å². The summed E-state index contributed by atoms with van der Waals surface area (Å²) in [5.41, 5.74) is 1.85. The van der Waals surface area contributed by atoms with Crippen molar-refractivity contribution in [2.75, 3.05) is 49.1 Å². The molecule has 2 aliphatic heterocycles. The van der Waals surface area contributed by atoms with Gasteiger partial charge in [0.2, 0.25) is 0 Å². The van der Waals surface area contributed by atoms with Gasteiger partial charge in [0.05, 0.1) is 5.56 Å². The first kappa shape index (κ1) is 19.1. The number of benzene rings is 1. The van der Waals surface area contributed by atoms with E-state index in [1.54, 1.807) is 6.20 Å². The van der Waals surface area contributed by atoms with E-state index in [9.17, 15) is 4.79 Å². The summed E-state index contributed by atoms with van der Waals surface area (Å²) in [5.74, 6) is 1.63. The second kappa shape index (κ2) is 8.39. The molecule has 4 rings (SSSR count). The Hall–Kier alpha value is -2.27. The third-order valence-corrected chi connectivity index (χ3v) is 5.95. The first-order valence-electron chi connectivity index (χ1n) is 10.1. The molecule has 2 fully saturated rings. The maximum absolute atomic E-state index is 12.7. The van der Waals surface area contributed by atoms with Crippen molar-refractivity contribution in [3.8, 4) is 0 Å². The second-order valence-corrected chi connectivity index (χ2v) is 8.29. The van der Waals surface area contributed by atoms with Gasteiger partial charge in [0.15, 0.2) is 0 Å². The molecule has 1 unspecified atom stereocenters. The van der Waals surface area contributed by atoms with Crippen molar-refractivity contribution < 1.29 is 4.79 Å². The van der Waals surface area contributed by atoms with Gasteiger partial charge in [0.1, 0.15) is 5.82 Å². The number of hydrogen-bond acceptors (Lipinski definition) is 4. The molecule has 0 N–H and O–H groups in total. The minimum absolute atomic E-state index is 0.108. The van der Waals surface area contributed by atoms with Gasteiger partial charge in [-0.3, -0.25) is 4.79 Å². The molecule has 0 bridgehead atoms. The van der Waals surface area contributed by atoms with Crippen LogP contribution < -0.4 is 9.80 Å². The lowest BCUT2D eigenvalue weighted by Gasteiger charge is -2.37. The van der Waals surface area contributed by atoms with Crippen LogP contribution in [0, 0.1) is 5.92 Å². The number of piperazine rings is 1. The monoisotopic (exact) mass is 398 g/mol. The van der Waals surface area contributed by atoms with Crippen molar-refractivity contribution in [3.05, 3.63) is 53.2 Å². The number of piperidine rings is 1. The maximum atomic E-state index is 12.7. The van der Waals surface area contributed by atoms with Crippen LogP contribution in [0.5, 0.6) is 0 Å². The predicted molar refractivity (Wildman–Crippen MR) is 114 cm³/mol. The molecule has 2 aliphatic rings. The Balaban J connectivity index is 1.36. The number of likely N-dealkylation sites (tertiary alicyclic amines) is 1. The van der Waals surface area contributed by atoms with Gasteiger partial charge < -0.3 is 14.7 Å². The number of nitrogens with zero attached hydrogens (tertiary/aromatic N) is 4. The zero-order chi connectivity index (χ0) is 19.5. The van der Waals surface area contributed by atoms with Crippen LogP contribution in [-0.2, 0) is 0 Å². The standard InChI is InChI=1S/C22H27ClN4O/c1-17-4-3-9-27(16-17)22(28)18-7-8-21(24-15-18)26-12-10-25(11-13-26)20-6-2-5-19(23)14-20/h2,5-8,14-15,17H,3-4,9-13,16H2,1H3. The molecule has 5 nitrogen and oxygen atoms in total. The smallest absolute Gasteiger partial charge is 0.255 e. The fraction of sp³-hybridized carbons (Fsp3) is 0.455. The van der Waals surface area contributed by atoms with E-state index in [1.165, 1.54) is 6.42 Å². The molecule has 1 aromatic carbocycles. The summed E-state index contributed by atoms with van der Waals surface area (Å²) in [6.07, 6.45) is 4.04. The Morgan fingerprint density at radius 1 is 1.07 bits per heavy atom. The zero-order valence-electron chi connectivity index (χ0n) is 16.4. The zero-order valence-corrected chi connectivity index (χ0v) is 17.1. The van der Waals surface area contributed by atoms with E-state index in [2.05, 4.69) is 27.8 Å². The lowest BCUT2D eigenvalue weighted by Crippen LogP contribution is -2.46. The van der Waals surface area contributed by atoms with Gasteiger partial charge in [0.25, 0.3) is 5.91 Å². The van der Waals surface area contributed by atoms with Crippen LogP contribution in [0.4, 0.5) is 11.5 Å². The summed E-state index contributed by atoms with van der Waals surface area (Å²) in [4.78, 5) is 23.9. The van der Waals surface area contributed by atoms with E-state index >= 15 is 0 Å². The van der Waals surface area contributed by atoms with E-state index in [0.29, 0.717) is 11.5 Å². The first-order valence-corrected chi connectivity index (χ1v) is 10.5. The number of anilines is 2. The quantitative estimate of drug-likeness (QED) is 0.785. The highest BCUT2D eigenvalue weighted by Gasteiger charge is 2.23. The Morgan fingerprint density at radius 3 is 2.54 bits per heavy atom. The van der Waals surface area contributed by atoms with Gasteiger partial charge in [-0.2, -0.15) is 0 Å². The molecule has 28 heavy (non-hydrogen) atoms. The molecule has 0 radical (unpaired) electrons. The average molecular weight is 399 g/mol. The lowest BCUT2D eigenvalue weighted by atomic mass is 10.00. The SMILES string of the molecule is CC1CCCN(C(=O)c2ccc(N3CCN(c4cccc(Cl)c4)CC3)nc2)C1. The predicted octanol–water partition coefficient (Wildman–Crippen LogP) is 3.93. The number of pyridine rings is 1. The molecule has 6 heteroatoms. The third kappa shape index (κ3) is 4.25. The number of halogens is 1. The first-order chi connectivity index (χ1) is 13.6. The summed E-state index contributed by atoms with van der Waals surface area (Å²) in [7, 11) is 0. The molecule has 0 spiro atoms. The van der Waals surface area contributed by atoms with Crippen LogP contribution in [0.25, 0.3) is 0 Å². The molecule has 1 atom stereocenters. The summed E-state index contributed by atoms with van der Waals surface area (Å²) in [6, 6.07) is 11.9. The molecule has 0 saturated carbocycles. The Morgan fingerprint density at radius 2 is 1.86 bits per heavy atom. The number of rotatable bonds is 3. The van der Waals surface area contributed by atoms with Gasteiger partial charge in [-0.15, -0.1) is 0 Å². The van der Waals surface area contributed by atoms with Gasteiger partial charge in [0, 0.05) is 56.2 Å². The highest BCUT2D eigenvalue weighted by atomic mass is 35.5. The normalized spacial score (nSPS) is 20.4. The fourth-order valence-corrected chi connectivity index (χ4v) is 4.31. The highest BCUT2D eigenvalue weighted by molar-refractivity contribution is 6.30. The van der Waals surface area contributed by atoms with Gasteiger partial charge in [-0.1, -0.05) is 24.6 Å². The fourth-order valence-electron chi connectivity index (χ4n) is 4.12. The van der Waals surface area contributed by atoms with E-state index < -0.39 is 0 Å². The van der Waals surface area contributed by atoms with Gasteiger partial charge >= 0.3 is 0 Å². The number of amides is 1. The topological polar surface area (TPSA) is 39.7 Å². The van der Waals surface area contributed by atoms with Crippen molar-refractivity contribution in [2.24, 2.45) is 5.92 Å². The van der Waals surface area contributed by atoms with Crippen molar-refractivity contribution >= 4 is 29.0 Å². The molecule has 1 aromatic heterocycles. The highest BCUT2D eigenvalue weighted by Crippen LogP contribution is 2.23. The summed E-state index contributed by atoms with van der Waals surface area (Å²) in [6.45, 7) is 7.57. The maximum Gasteiger partial charge on any atom is 0.255 e. The minimum atomic E-state index is 0.108. The average Bonchev–Trinajstić information content (AvgIpc) is 2.73. The Labute approximate surface area is 171 Å². The number of hydrogen-bond donors (Lipinski definition) is 0. The summed E-state index contributed by atoms with van der Waals surface area (Å²) in [5, 5.41) is 0.768. The summed E-state index contributed by atoms with van der Waals surface area (Å²) < 4.78 is 0. The number of carbonyl (C=O) groups excluding carboxylic acids is 1. The molecule has 148 valence electrons. The molecular weight excluding hydrogens is 372 g/mol. The van der Waals surface area contributed by atoms with Crippen LogP contribution in [-0.4, -0.2) is 55.1 Å². The van der Waals surface area contributed by atoms with E-state index in [-0.39, 0.29) is 5.91 Å².